The molecule has 1 fully saturated rings. The molecule has 0 bridgehead atoms. The maximum Gasteiger partial charge on any atom is 0.134 e. The lowest BCUT2D eigenvalue weighted by Gasteiger charge is -2.34. The van der Waals surface area contributed by atoms with E-state index in [0.29, 0.717) is 13.2 Å². The summed E-state index contributed by atoms with van der Waals surface area (Å²) in [5.74, 6) is 0.566. The largest absolute Gasteiger partial charge is 0.467 e. The van der Waals surface area contributed by atoms with Gasteiger partial charge in [-0.05, 0) is 43.3 Å². The van der Waals surface area contributed by atoms with Gasteiger partial charge in [-0.2, -0.15) is 0 Å². The van der Waals surface area contributed by atoms with E-state index in [9.17, 15) is 4.39 Å². The molecule has 3 heterocycles. The molecule has 0 spiro atoms. The van der Waals surface area contributed by atoms with E-state index in [1.165, 1.54) is 6.07 Å². The molecule has 0 aliphatic carbocycles. The van der Waals surface area contributed by atoms with E-state index in [1.807, 2.05) is 25.1 Å². The molecule has 4 nitrogen and oxygen atoms in total. The number of aryl methyl sites for hydroxylation is 1. The quantitative estimate of drug-likeness (QED) is 0.720. The first-order valence-corrected chi connectivity index (χ1v) is 7.67. The number of anilines is 1. The molecule has 0 radical (unpaired) electrons. The highest BCUT2D eigenvalue weighted by molar-refractivity contribution is 5.92. The Morgan fingerprint density at radius 3 is 3.00 bits per heavy atom. The molecular weight excluding hydrogens is 295 g/mol. The van der Waals surface area contributed by atoms with Crippen molar-refractivity contribution in [1.82, 2.24) is 4.98 Å². The summed E-state index contributed by atoms with van der Waals surface area (Å²) in [4.78, 5) is 6.71. The molecule has 118 valence electrons. The van der Waals surface area contributed by atoms with Gasteiger partial charge in [0.2, 0.25) is 0 Å². The van der Waals surface area contributed by atoms with Crippen molar-refractivity contribution in [3.63, 3.8) is 0 Å². The number of hydrogen-bond acceptors (Lipinski definition) is 4. The standard InChI is InChI=1S/C18H17FN2O2/c1-12-9-16(14-10-13(19)4-5-15(14)20-12)21-6-8-23-18(11-21)17-3-2-7-22-17/h2-5,7,9-10,18H,6,8,11H2,1H3. The van der Waals surface area contributed by atoms with Crippen molar-refractivity contribution in [2.24, 2.45) is 0 Å². The molecule has 5 heteroatoms. The normalized spacial score (nSPS) is 18.5. The predicted octanol–water partition coefficient (Wildman–Crippen LogP) is 3.85. The summed E-state index contributed by atoms with van der Waals surface area (Å²) >= 11 is 0. The van der Waals surface area contributed by atoms with Gasteiger partial charge in [-0.25, -0.2) is 4.39 Å². The number of aromatic nitrogens is 1. The molecule has 0 N–H and O–H groups in total. The Kier molecular flexibility index (Phi) is 3.50. The van der Waals surface area contributed by atoms with Crippen molar-refractivity contribution in [2.45, 2.75) is 13.0 Å². The molecule has 1 aliphatic heterocycles. The molecule has 1 atom stereocenters. The van der Waals surface area contributed by atoms with Gasteiger partial charge in [-0.3, -0.25) is 4.98 Å². The lowest BCUT2D eigenvalue weighted by molar-refractivity contribution is 0.0258. The van der Waals surface area contributed by atoms with Crippen LogP contribution in [-0.2, 0) is 4.74 Å². The van der Waals surface area contributed by atoms with Gasteiger partial charge in [0.25, 0.3) is 0 Å². The van der Waals surface area contributed by atoms with Crippen LogP contribution in [0.3, 0.4) is 0 Å². The number of hydrogen-bond donors (Lipinski definition) is 0. The lowest BCUT2D eigenvalue weighted by Crippen LogP contribution is -2.38. The van der Waals surface area contributed by atoms with Crippen molar-refractivity contribution in [2.75, 3.05) is 24.6 Å². The van der Waals surface area contributed by atoms with E-state index in [-0.39, 0.29) is 11.9 Å². The fourth-order valence-electron chi connectivity index (χ4n) is 3.09. The molecule has 2 aromatic heterocycles. The molecule has 3 aromatic rings. The maximum absolute atomic E-state index is 13.7. The second-order valence-electron chi connectivity index (χ2n) is 5.77. The van der Waals surface area contributed by atoms with Crippen molar-refractivity contribution in [3.05, 3.63) is 59.9 Å². The number of halogens is 1. The number of morpholine rings is 1. The number of ether oxygens (including phenoxy) is 1. The van der Waals surface area contributed by atoms with E-state index in [1.54, 1.807) is 18.4 Å². The third-order valence-electron chi connectivity index (χ3n) is 4.14. The average molecular weight is 312 g/mol. The fourth-order valence-corrected chi connectivity index (χ4v) is 3.09. The van der Waals surface area contributed by atoms with Crippen LogP contribution in [0.25, 0.3) is 10.9 Å². The summed E-state index contributed by atoms with van der Waals surface area (Å²) in [5, 5.41) is 0.829. The Bertz CT molecular complexity index is 832. The number of nitrogens with zero attached hydrogens (tertiary/aromatic N) is 2. The minimum Gasteiger partial charge on any atom is -0.467 e. The second-order valence-corrected chi connectivity index (χ2v) is 5.77. The van der Waals surface area contributed by atoms with Crippen LogP contribution in [0.5, 0.6) is 0 Å². The van der Waals surface area contributed by atoms with E-state index < -0.39 is 0 Å². The number of fused-ring (bicyclic) bond motifs is 1. The second kappa shape index (κ2) is 5.66. The molecular formula is C18H17FN2O2. The van der Waals surface area contributed by atoms with Crippen molar-refractivity contribution >= 4 is 16.6 Å². The smallest absolute Gasteiger partial charge is 0.134 e. The first-order valence-electron chi connectivity index (χ1n) is 7.67. The summed E-state index contributed by atoms with van der Waals surface area (Å²) in [6, 6.07) is 10.5. The Balaban J connectivity index is 1.74. The average Bonchev–Trinajstić information content (AvgIpc) is 3.09. The third kappa shape index (κ3) is 2.68. The van der Waals surface area contributed by atoms with Crippen molar-refractivity contribution in [1.29, 1.82) is 0 Å². The Labute approximate surface area is 133 Å². The van der Waals surface area contributed by atoms with Crippen LogP contribution in [0, 0.1) is 12.7 Å². The van der Waals surface area contributed by atoms with E-state index in [4.69, 9.17) is 9.15 Å². The van der Waals surface area contributed by atoms with Gasteiger partial charge < -0.3 is 14.1 Å². The topological polar surface area (TPSA) is 38.5 Å². The van der Waals surface area contributed by atoms with Crippen LogP contribution in [0.1, 0.15) is 17.6 Å². The zero-order valence-electron chi connectivity index (χ0n) is 12.8. The molecule has 1 aromatic carbocycles. The lowest BCUT2D eigenvalue weighted by atomic mass is 10.1. The number of benzene rings is 1. The molecule has 23 heavy (non-hydrogen) atoms. The molecule has 1 aliphatic rings. The van der Waals surface area contributed by atoms with Gasteiger partial charge in [0.1, 0.15) is 17.7 Å². The third-order valence-corrected chi connectivity index (χ3v) is 4.14. The van der Waals surface area contributed by atoms with Gasteiger partial charge in [0.05, 0.1) is 24.9 Å². The molecule has 1 unspecified atom stereocenters. The van der Waals surface area contributed by atoms with Crippen LogP contribution in [0.4, 0.5) is 10.1 Å². The van der Waals surface area contributed by atoms with E-state index in [0.717, 1.165) is 34.6 Å². The highest BCUT2D eigenvalue weighted by atomic mass is 19.1. The summed E-state index contributed by atoms with van der Waals surface area (Å²) in [6.07, 6.45) is 1.54. The summed E-state index contributed by atoms with van der Waals surface area (Å²) in [7, 11) is 0. The van der Waals surface area contributed by atoms with Gasteiger partial charge in [-0.1, -0.05) is 0 Å². The molecule has 4 rings (SSSR count). The Morgan fingerprint density at radius 2 is 2.17 bits per heavy atom. The van der Waals surface area contributed by atoms with Crippen LogP contribution < -0.4 is 4.90 Å². The van der Waals surface area contributed by atoms with Crippen molar-refractivity contribution in [3.8, 4) is 0 Å². The zero-order valence-corrected chi connectivity index (χ0v) is 12.8. The Morgan fingerprint density at radius 1 is 1.26 bits per heavy atom. The van der Waals surface area contributed by atoms with E-state index >= 15 is 0 Å². The minimum atomic E-state index is -0.250. The van der Waals surface area contributed by atoms with Crippen LogP contribution in [0.2, 0.25) is 0 Å². The van der Waals surface area contributed by atoms with Crippen molar-refractivity contribution < 1.29 is 13.5 Å². The first kappa shape index (κ1) is 14.2. The van der Waals surface area contributed by atoms with Crippen LogP contribution >= 0.6 is 0 Å². The van der Waals surface area contributed by atoms with Gasteiger partial charge in [-0.15, -0.1) is 0 Å². The highest BCUT2D eigenvalue weighted by Crippen LogP contribution is 2.32. The minimum absolute atomic E-state index is 0.115. The molecule has 0 amide bonds. The van der Waals surface area contributed by atoms with Crippen LogP contribution in [-0.4, -0.2) is 24.7 Å². The number of furan rings is 1. The van der Waals surface area contributed by atoms with E-state index in [2.05, 4.69) is 9.88 Å². The number of rotatable bonds is 2. The maximum atomic E-state index is 13.7. The van der Waals surface area contributed by atoms with Gasteiger partial charge >= 0.3 is 0 Å². The summed E-state index contributed by atoms with van der Waals surface area (Å²) < 4.78 is 25.0. The van der Waals surface area contributed by atoms with Gasteiger partial charge in [0.15, 0.2) is 0 Å². The Hall–Kier alpha value is -2.40. The fraction of sp³-hybridized carbons (Fsp3) is 0.278. The highest BCUT2D eigenvalue weighted by Gasteiger charge is 2.25. The SMILES string of the molecule is Cc1cc(N2CCOC(c3ccco3)C2)c2cc(F)ccc2n1. The summed E-state index contributed by atoms with van der Waals surface area (Å²) in [5.41, 5.74) is 2.72. The summed E-state index contributed by atoms with van der Waals surface area (Å²) in [6.45, 7) is 3.98. The van der Waals surface area contributed by atoms with Gasteiger partial charge in [0, 0.05) is 23.3 Å². The predicted molar refractivity (Wildman–Crippen MR) is 86.1 cm³/mol. The zero-order chi connectivity index (χ0) is 15.8. The number of pyridine rings is 1. The molecule has 1 saturated heterocycles. The first-order chi connectivity index (χ1) is 11.2. The molecule has 0 saturated carbocycles. The monoisotopic (exact) mass is 312 g/mol. The van der Waals surface area contributed by atoms with Crippen LogP contribution in [0.15, 0.2) is 47.1 Å².